The van der Waals surface area contributed by atoms with Gasteiger partial charge in [0, 0.05) is 23.8 Å². The molecule has 0 spiro atoms. The number of nitrogens with one attached hydrogen (secondary N) is 2. The van der Waals surface area contributed by atoms with Crippen LogP contribution >= 0.6 is 0 Å². The van der Waals surface area contributed by atoms with Crippen molar-refractivity contribution in [1.29, 1.82) is 0 Å². The Labute approximate surface area is 211 Å². The van der Waals surface area contributed by atoms with Crippen molar-refractivity contribution < 1.29 is 18.0 Å². The largest absolute Gasteiger partial charge is 0.444 e. The van der Waals surface area contributed by atoms with Crippen LogP contribution in [0.25, 0.3) is 17.1 Å². The molecule has 2 aliphatic rings. The van der Waals surface area contributed by atoms with Gasteiger partial charge >= 0.3 is 0 Å². The van der Waals surface area contributed by atoms with Crippen LogP contribution in [0.4, 0.5) is 20.3 Å². The molecule has 0 radical (unpaired) electrons. The van der Waals surface area contributed by atoms with E-state index in [2.05, 4.69) is 25.7 Å². The maximum absolute atomic E-state index is 13.7. The molecule has 1 aromatic carbocycles. The van der Waals surface area contributed by atoms with Gasteiger partial charge in [0.1, 0.15) is 12.1 Å². The summed E-state index contributed by atoms with van der Waals surface area (Å²) in [6, 6.07) is 10.8. The minimum absolute atomic E-state index is 0.0469. The number of carbonyl (C=O) groups is 1. The lowest BCUT2D eigenvalue weighted by Gasteiger charge is -2.09. The number of halogens is 2. The Bertz CT molecular complexity index is 1440. The quantitative estimate of drug-likeness (QED) is 0.296. The minimum atomic E-state index is -2.89. The number of rotatable bonds is 9. The Kier molecular flexibility index (Phi) is 5.71. The predicted octanol–water partition coefficient (Wildman–Crippen LogP) is 4.88. The highest BCUT2D eigenvalue weighted by molar-refractivity contribution is 6.03. The SMILES string of the molecule is NC1(c2ccc(-n3cc(NC(=O)c4coc(-c5ccnc(NCC6CC6)c5)n4)c(C(F)F)n3)cc2)CC1. The zero-order valence-corrected chi connectivity index (χ0v) is 19.8. The minimum Gasteiger partial charge on any atom is -0.444 e. The topological polar surface area (TPSA) is 124 Å². The lowest BCUT2D eigenvalue weighted by Crippen LogP contribution is -2.18. The molecule has 3 aromatic heterocycles. The number of amides is 1. The second-order valence-electron chi connectivity index (χ2n) is 9.62. The molecule has 6 rings (SSSR count). The number of anilines is 2. The summed E-state index contributed by atoms with van der Waals surface area (Å²) in [5, 5.41) is 9.76. The van der Waals surface area contributed by atoms with E-state index >= 15 is 0 Å². The molecule has 11 heteroatoms. The van der Waals surface area contributed by atoms with Crippen LogP contribution in [0.2, 0.25) is 0 Å². The maximum Gasteiger partial charge on any atom is 0.284 e. The van der Waals surface area contributed by atoms with Crippen LogP contribution < -0.4 is 16.4 Å². The number of alkyl halides is 2. The highest BCUT2D eigenvalue weighted by Gasteiger charge is 2.39. The van der Waals surface area contributed by atoms with E-state index in [0.717, 1.165) is 24.9 Å². The molecular weight excluding hydrogens is 480 g/mol. The molecular formula is C26H25F2N7O2. The first-order chi connectivity index (χ1) is 17.9. The van der Waals surface area contributed by atoms with Gasteiger partial charge in [-0.2, -0.15) is 5.10 Å². The van der Waals surface area contributed by atoms with E-state index in [0.29, 0.717) is 23.0 Å². The van der Waals surface area contributed by atoms with Crippen molar-refractivity contribution in [3.63, 3.8) is 0 Å². The third kappa shape index (κ3) is 4.94. The molecule has 2 saturated carbocycles. The molecule has 1 amide bonds. The van der Waals surface area contributed by atoms with Crippen LogP contribution in [0.1, 0.15) is 53.9 Å². The van der Waals surface area contributed by atoms with E-state index in [9.17, 15) is 13.6 Å². The fourth-order valence-electron chi connectivity index (χ4n) is 4.07. The van der Waals surface area contributed by atoms with E-state index in [1.54, 1.807) is 30.5 Å². The van der Waals surface area contributed by atoms with Gasteiger partial charge in [0.25, 0.3) is 12.3 Å². The Hall–Kier alpha value is -4.12. The molecule has 0 aliphatic heterocycles. The molecule has 4 N–H and O–H groups in total. The monoisotopic (exact) mass is 505 g/mol. The van der Waals surface area contributed by atoms with Gasteiger partial charge in [-0.15, -0.1) is 0 Å². The summed E-state index contributed by atoms with van der Waals surface area (Å²) < 4.78 is 34.3. The normalized spacial score (nSPS) is 16.1. The molecule has 4 aromatic rings. The van der Waals surface area contributed by atoms with Crippen molar-refractivity contribution in [2.45, 2.75) is 37.6 Å². The van der Waals surface area contributed by atoms with Gasteiger partial charge in [-0.1, -0.05) is 12.1 Å². The van der Waals surface area contributed by atoms with Crippen LogP contribution in [-0.2, 0) is 5.54 Å². The number of benzene rings is 1. The van der Waals surface area contributed by atoms with Crippen molar-refractivity contribution in [3.05, 3.63) is 72.0 Å². The number of carbonyl (C=O) groups excluding carboxylic acids is 1. The average molecular weight is 506 g/mol. The highest BCUT2D eigenvalue weighted by atomic mass is 19.3. The van der Waals surface area contributed by atoms with Gasteiger partial charge in [0.15, 0.2) is 11.4 Å². The third-order valence-electron chi connectivity index (χ3n) is 6.71. The number of pyridine rings is 1. The summed E-state index contributed by atoms with van der Waals surface area (Å²) >= 11 is 0. The van der Waals surface area contributed by atoms with Gasteiger partial charge in [0.05, 0.1) is 17.6 Å². The molecule has 0 bridgehead atoms. The summed E-state index contributed by atoms with van der Waals surface area (Å²) in [6.07, 6.45) is 5.56. The van der Waals surface area contributed by atoms with Crippen molar-refractivity contribution in [1.82, 2.24) is 19.7 Å². The molecule has 0 unspecified atom stereocenters. The zero-order valence-electron chi connectivity index (χ0n) is 19.8. The molecule has 0 atom stereocenters. The fourth-order valence-corrected chi connectivity index (χ4v) is 4.07. The third-order valence-corrected chi connectivity index (χ3v) is 6.71. The van der Waals surface area contributed by atoms with Gasteiger partial charge in [0.2, 0.25) is 5.89 Å². The molecule has 190 valence electrons. The summed E-state index contributed by atoms with van der Waals surface area (Å²) in [4.78, 5) is 21.4. The Morgan fingerprint density at radius 1 is 1.22 bits per heavy atom. The van der Waals surface area contributed by atoms with Crippen LogP contribution in [0.3, 0.4) is 0 Å². The lowest BCUT2D eigenvalue weighted by molar-refractivity contribution is 0.102. The number of hydrogen-bond donors (Lipinski definition) is 3. The maximum atomic E-state index is 13.7. The second kappa shape index (κ2) is 9.07. The van der Waals surface area contributed by atoms with E-state index < -0.39 is 18.0 Å². The second-order valence-corrected chi connectivity index (χ2v) is 9.62. The van der Waals surface area contributed by atoms with E-state index in [-0.39, 0.29) is 22.8 Å². The van der Waals surface area contributed by atoms with Gasteiger partial charge in [-0.3, -0.25) is 4.79 Å². The summed E-state index contributed by atoms with van der Waals surface area (Å²) in [5.41, 5.74) is 7.43. The number of nitrogens with zero attached hydrogens (tertiary/aromatic N) is 4. The van der Waals surface area contributed by atoms with Gasteiger partial charge in [-0.05, 0) is 61.4 Å². The smallest absolute Gasteiger partial charge is 0.284 e. The van der Waals surface area contributed by atoms with Crippen LogP contribution in [0.15, 0.2) is 59.5 Å². The number of aromatic nitrogens is 4. The average Bonchev–Trinajstić information content (AvgIpc) is 3.78. The Morgan fingerprint density at radius 2 is 2.00 bits per heavy atom. The Balaban J connectivity index is 1.18. The number of nitrogens with two attached hydrogens (primary N) is 1. The lowest BCUT2D eigenvalue weighted by atomic mass is 10.1. The van der Waals surface area contributed by atoms with E-state index in [1.807, 2.05) is 12.1 Å². The fraction of sp³-hybridized carbons (Fsp3) is 0.308. The first kappa shape index (κ1) is 23.3. The first-order valence-electron chi connectivity index (χ1n) is 12.1. The molecule has 2 fully saturated rings. The zero-order chi connectivity index (χ0) is 25.6. The standard InChI is InChI=1S/C26H25F2N7O2/c27-23(28)22-19(13-35(34-22)18-5-3-17(4-6-18)26(29)8-9-26)32-24(36)20-14-37-25(33-20)16-7-10-30-21(11-16)31-12-15-1-2-15/h3-7,10-11,13-15,23H,1-2,8-9,12,29H2,(H,30,31)(H,32,36). The van der Waals surface area contributed by atoms with Crippen molar-refractivity contribution in [2.24, 2.45) is 11.7 Å². The predicted molar refractivity (Wildman–Crippen MR) is 133 cm³/mol. The molecule has 3 heterocycles. The summed E-state index contributed by atoms with van der Waals surface area (Å²) in [6.45, 7) is 0.855. The summed E-state index contributed by atoms with van der Waals surface area (Å²) in [5.74, 6) is 0.909. The first-order valence-corrected chi connectivity index (χ1v) is 12.1. The van der Waals surface area contributed by atoms with Crippen molar-refractivity contribution in [3.8, 4) is 17.1 Å². The van der Waals surface area contributed by atoms with Crippen LogP contribution in [0.5, 0.6) is 0 Å². The van der Waals surface area contributed by atoms with Crippen molar-refractivity contribution >= 4 is 17.4 Å². The molecule has 9 nitrogen and oxygen atoms in total. The van der Waals surface area contributed by atoms with Gasteiger partial charge in [-0.25, -0.2) is 23.4 Å². The highest BCUT2D eigenvalue weighted by Crippen LogP contribution is 2.42. The van der Waals surface area contributed by atoms with E-state index in [4.69, 9.17) is 10.2 Å². The number of hydrogen-bond acceptors (Lipinski definition) is 7. The van der Waals surface area contributed by atoms with Crippen LogP contribution in [0, 0.1) is 5.92 Å². The number of oxazole rings is 1. The van der Waals surface area contributed by atoms with Crippen LogP contribution in [-0.4, -0.2) is 32.2 Å². The van der Waals surface area contributed by atoms with Crippen molar-refractivity contribution in [2.75, 3.05) is 17.2 Å². The Morgan fingerprint density at radius 3 is 2.70 bits per heavy atom. The van der Waals surface area contributed by atoms with Gasteiger partial charge < -0.3 is 20.8 Å². The molecule has 2 aliphatic carbocycles. The molecule has 0 saturated heterocycles. The summed E-state index contributed by atoms with van der Waals surface area (Å²) in [7, 11) is 0. The molecule has 37 heavy (non-hydrogen) atoms. The van der Waals surface area contributed by atoms with E-state index in [1.165, 1.54) is 30.0 Å².